The molecule has 8 heteroatoms. The summed E-state index contributed by atoms with van der Waals surface area (Å²) in [6.07, 6.45) is 1.46. The molecule has 0 aliphatic carbocycles. The van der Waals surface area contributed by atoms with Crippen molar-refractivity contribution in [2.45, 2.75) is 6.54 Å². The van der Waals surface area contributed by atoms with Crippen LogP contribution in [0.1, 0.15) is 15.9 Å². The first-order valence-electron chi connectivity index (χ1n) is 7.78. The summed E-state index contributed by atoms with van der Waals surface area (Å²) in [6, 6.07) is 13.2. The number of anilines is 3. The number of nitrogens with zero attached hydrogens (tertiary/aromatic N) is 3. The van der Waals surface area contributed by atoms with E-state index in [1.54, 1.807) is 42.5 Å². The molecule has 0 radical (unpaired) electrons. The average molecular weight is 353 g/mol. The van der Waals surface area contributed by atoms with Gasteiger partial charge in [-0.15, -0.1) is 5.10 Å². The van der Waals surface area contributed by atoms with E-state index in [0.717, 1.165) is 5.69 Å². The number of methoxy groups -OCH3 is 1. The third-order valence-corrected chi connectivity index (χ3v) is 3.53. The Balaban J connectivity index is 1.65. The number of benzene rings is 2. The van der Waals surface area contributed by atoms with Crippen LogP contribution in [0.3, 0.4) is 0 Å². The number of hydrogen-bond donors (Lipinski definition) is 2. The Morgan fingerprint density at radius 3 is 2.65 bits per heavy atom. The fourth-order valence-electron chi connectivity index (χ4n) is 2.21. The SMILES string of the molecule is COC(=O)c1ccc(Nc2cnnc(NCc3ccccc3F)n2)cc1. The first-order valence-corrected chi connectivity index (χ1v) is 7.78. The van der Waals surface area contributed by atoms with E-state index in [0.29, 0.717) is 16.9 Å². The molecule has 7 nitrogen and oxygen atoms in total. The van der Waals surface area contributed by atoms with Crippen molar-refractivity contribution in [2.24, 2.45) is 0 Å². The summed E-state index contributed by atoms with van der Waals surface area (Å²) in [5.74, 6) is 0.0269. The number of nitrogens with one attached hydrogen (secondary N) is 2. The second-order valence-electron chi connectivity index (χ2n) is 5.30. The van der Waals surface area contributed by atoms with Crippen molar-refractivity contribution in [3.05, 3.63) is 71.7 Å². The van der Waals surface area contributed by atoms with E-state index in [-0.39, 0.29) is 18.3 Å². The molecule has 0 bridgehead atoms. The van der Waals surface area contributed by atoms with Crippen molar-refractivity contribution in [2.75, 3.05) is 17.7 Å². The van der Waals surface area contributed by atoms with Gasteiger partial charge in [-0.1, -0.05) is 18.2 Å². The highest BCUT2D eigenvalue weighted by Crippen LogP contribution is 2.16. The van der Waals surface area contributed by atoms with Crippen LogP contribution in [0.15, 0.2) is 54.7 Å². The van der Waals surface area contributed by atoms with Gasteiger partial charge in [0.1, 0.15) is 5.82 Å². The Kier molecular flexibility index (Phi) is 5.33. The molecule has 0 saturated carbocycles. The minimum atomic E-state index is -0.403. The van der Waals surface area contributed by atoms with E-state index in [1.807, 2.05) is 0 Å². The van der Waals surface area contributed by atoms with Gasteiger partial charge in [0, 0.05) is 17.8 Å². The van der Waals surface area contributed by atoms with Gasteiger partial charge in [0.2, 0.25) is 5.95 Å². The van der Waals surface area contributed by atoms with Crippen LogP contribution in [0, 0.1) is 5.82 Å². The van der Waals surface area contributed by atoms with E-state index >= 15 is 0 Å². The van der Waals surface area contributed by atoms with Crippen LogP contribution in [0.5, 0.6) is 0 Å². The van der Waals surface area contributed by atoms with E-state index in [2.05, 4.69) is 30.6 Å². The maximum absolute atomic E-state index is 13.6. The number of carbonyl (C=O) groups is 1. The fourth-order valence-corrected chi connectivity index (χ4v) is 2.21. The molecule has 3 rings (SSSR count). The third kappa shape index (κ3) is 4.29. The zero-order chi connectivity index (χ0) is 18.4. The summed E-state index contributed by atoms with van der Waals surface area (Å²) in [5.41, 5.74) is 1.68. The Labute approximate surface area is 149 Å². The molecule has 1 aromatic heterocycles. The van der Waals surface area contributed by atoms with E-state index < -0.39 is 5.97 Å². The van der Waals surface area contributed by atoms with Crippen molar-refractivity contribution >= 4 is 23.4 Å². The van der Waals surface area contributed by atoms with Crippen molar-refractivity contribution in [3.63, 3.8) is 0 Å². The summed E-state index contributed by atoms with van der Waals surface area (Å²) in [4.78, 5) is 15.7. The molecule has 0 saturated heterocycles. The first kappa shape index (κ1) is 17.3. The van der Waals surface area contributed by atoms with Crippen LogP contribution in [0.2, 0.25) is 0 Å². The molecule has 2 aromatic carbocycles. The van der Waals surface area contributed by atoms with Gasteiger partial charge in [-0.05, 0) is 30.3 Å². The van der Waals surface area contributed by atoms with Crippen molar-refractivity contribution in [1.82, 2.24) is 15.2 Å². The minimum Gasteiger partial charge on any atom is -0.465 e. The normalized spacial score (nSPS) is 10.2. The first-order chi connectivity index (χ1) is 12.7. The number of aromatic nitrogens is 3. The summed E-state index contributed by atoms with van der Waals surface area (Å²) in [6.45, 7) is 0.242. The lowest BCUT2D eigenvalue weighted by molar-refractivity contribution is 0.0601. The molecule has 26 heavy (non-hydrogen) atoms. The summed E-state index contributed by atoms with van der Waals surface area (Å²) in [5, 5.41) is 13.7. The Bertz CT molecular complexity index is 902. The van der Waals surface area contributed by atoms with E-state index in [1.165, 1.54) is 19.4 Å². The molecule has 0 unspecified atom stereocenters. The van der Waals surface area contributed by atoms with Gasteiger partial charge in [-0.25, -0.2) is 9.18 Å². The van der Waals surface area contributed by atoms with E-state index in [4.69, 9.17) is 0 Å². The van der Waals surface area contributed by atoms with Gasteiger partial charge in [0.15, 0.2) is 5.82 Å². The second kappa shape index (κ2) is 8.02. The lowest BCUT2D eigenvalue weighted by Gasteiger charge is -2.08. The summed E-state index contributed by atoms with van der Waals surface area (Å²) >= 11 is 0. The highest BCUT2D eigenvalue weighted by atomic mass is 19.1. The Morgan fingerprint density at radius 2 is 1.92 bits per heavy atom. The molecule has 0 spiro atoms. The predicted molar refractivity (Wildman–Crippen MR) is 94.6 cm³/mol. The van der Waals surface area contributed by atoms with Crippen LogP contribution < -0.4 is 10.6 Å². The van der Waals surface area contributed by atoms with E-state index in [9.17, 15) is 9.18 Å². The maximum Gasteiger partial charge on any atom is 0.337 e. The van der Waals surface area contributed by atoms with Gasteiger partial charge < -0.3 is 15.4 Å². The number of halogens is 1. The number of ether oxygens (including phenoxy) is 1. The molecule has 132 valence electrons. The maximum atomic E-state index is 13.6. The zero-order valence-electron chi connectivity index (χ0n) is 13.9. The molecule has 3 aromatic rings. The fraction of sp³-hybridized carbons (Fsp3) is 0.111. The molecule has 0 fully saturated rings. The molecular formula is C18H16FN5O2. The average Bonchev–Trinajstić information content (AvgIpc) is 2.68. The third-order valence-electron chi connectivity index (χ3n) is 3.53. The number of rotatable bonds is 6. The molecule has 1 heterocycles. The predicted octanol–water partition coefficient (Wildman–Crippen LogP) is 3.15. The van der Waals surface area contributed by atoms with Gasteiger partial charge >= 0.3 is 5.97 Å². The highest BCUT2D eigenvalue weighted by Gasteiger charge is 2.06. The summed E-state index contributed by atoms with van der Waals surface area (Å²) < 4.78 is 18.3. The summed E-state index contributed by atoms with van der Waals surface area (Å²) in [7, 11) is 1.33. The molecular weight excluding hydrogens is 337 g/mol. The molecule has 0 aliphatic heterocycles. The minimum absolute atomic E-state index is 0.242. The number of carbonyl (C=O) groups excluding carboxylic acids is 1. The molecule has 0 atom stereocenters. The van der Waals surface area contributed by atoms with Crippen LogP contribution in [0.25, 0.3) is 0 Å². The Morgan fingerprint density at radius 1 is 1.15 bits per heavy atom. The topological polar surface area (TPSA) is 89.0 Å². The Hall–Kier alpha value is -3.55. The van der Waals surface area contributed by atoms with Crippen LogP contribution in [-0.4, -0.2) is 28.3 Å². The second-order valence-corrected chi connectivity index (χ2v) is 5.30. The van der Waals surface area contributed by atoms with Crippen LogP contribution >= 0.6 is 0 Å². The van der Waals surface area contributed by atoms with Gasteiger partial charge in [-0.3, -0.25) is 0 Å². The highest BCUT2D eigenvalue weighted by molar-refractivity contribution is 5.89. The van der Waals surface area contributed by atoms with Gasteiger partial charge in [0.25, 0.3) is 0 Å². The monoisotopic (exact) mass is 353 g/mol. The quantitative estimate of drug-likeness (QED) is 0.658. The zero-order valence-corrected chi connectivity index (χ0v) is 13.9. The van der Waals surface area contributed by atoms with Gasteiger partial charge in [-0.2, -0.15) is 10.1 Å². The lowest BCUT2D eigenvalue weighted by Crippen LogP contribution is -2.07. The van der Waals surface area contributed by atoms with Crippen LogP contribution in [0.4, 0.5) is 21.8 Å². The molecule has 2 N–H and O–H groups in total. The van der Waals surface area contributed by atoms with Crippen LogP contribution in [-0.2, 0) is 11.3 Å². The van der Waals surface area contributed by atoms with Crippen molar-refractivity contribution in [3.8, 4) is 0 Å². The van der Waals surface area contributed by atoms with Crippen molar-refractivity contribution in [1.29, 1.82) is 0 Å². The number of hydrogen-bond acceptors (Lipinski definition) is 7. The smallest absolute Gasteiger partial charge is 0.337 e. The van der Waals surface area contributed by atoms with Gasteiger partial charge in [0.05, 0.1) is 18.9 Å². The standard InChI is InChI=1S/C18H16FN5O2/c1-26-17(25)12-6-8-14(9-7-12)22-16-11-21-24-18(23-16)20-10-13-4-2-3-5-15(13)19/h2-9,11H,10H2,1H3,(H2,20,22,23,24). The molecule has 0 aliphatic rings. The largest absolute Gasteiger partial charge is 0.465 e. The van der Waals surface area contributed by atoms with Crippen molar-refractivity contribution < 1.29 is 13.9 Å². The molecule has 0 amide bonds. The number of esters is 1. The lowest BCUT2D eigenvalue weighted by atomic mass is 10.2.